The third-order valence-electron chi connectivity index (χ3n) is 6.03. The highest BCUT2D eigenvalue weighted by Gasteiger charge is 2.32. The van der Waals surface area contributed by atoms with Gasteiger partial charge < -0.3 is 23.7 Å². The lowest BCUT2D eigenvalue weighted by molar-refractivity contribution is 0.114. The second-order valence-electron chi connectivity index (χ2n) is 8.00. The molecule has 0 aromatic heterocycles. The van der Waals surface area contributed by atoms with Gasteiger partial charge in [-0.1, -0.05) is 36.4 Å². The number of fused-ring (bicyclic) bond motifs is 2. The quantitative estimate of drug-likeness (QED) is 0.492. The maximum Gasteiger partial charge on any atom is 0.231 e. The molecule has 0 aliphatic carbocycles. The molecule has 0 amide bonds. The lowest BCUT2D eigenvalue weighted by atomic mass is 9.84. The van der Waals surface area contributed by atoms with Gasteiger partial charge >= 0.3 is 0 Å². The molecule has 3 aromatic rings. The van der Waals surface area contributed by atoms with Gasteiger partial charge in [-0.15, -0.1) is 0 Å². The summed E-state index contributed by atoms with van der Waals surface area (Å²) in [5.74, 6) is 4.39. The number of methoxy groups -OCH3 is 2. The van der Waals surface area contributed by atoms with E-state index in [0.29, 0.717) is 0 Å². The van der Waals surface area contributed by atoms with Gasteiger partial charge in [0.1, 0.15) is 23.4 Å². The Kier molecular flexibility index (Phi) is 5.63. The molecule has 2 aliphatic rings. The Morgan fingerprint density at radius 3 is 2.19 bits per heavy atom. The highest BCUT2D eigenvalue weighted by Crippen LogP contribution is 2.46. The van der Waals surface area contributed by atoms with Crippen LogP contribution in [-0.4, -0.2) is 21.0 Å². The van der Waals surface area contributed by atoms with Crippen LogP contribution in [0.5, 0.6) is 28.7 Å². The SMILES string of the molecule is COc1ccc(/C=C\C[C@H]2Cc3cc4c(cc3O[C@@H]2c2ccc(OC)cc2)OCO4)cc1. The molecule has 5 rings (SSSR count). The van der Waals surface area contributed by atoms with Crippen LogP contribution in [0.15, 0.2) is 66.7 Å². The van der Waals surface area contributed by atoms with Crippen molar-refractivity contribution >= 4 is 6.08 Å². The molecule has 5 heteroatoms. The molecule has 0 N–H and O–H groups in total. The minimum Gasteiger partial charge on any atom is -0.497 e. The summed E-state index contributed by atoms with van der Waals surface area (Å²) in [5.41, 5.74) is 3.44. The zero-order valence-corrected chi connectivity index (χ0v) is 18.2. The van der Waals surface area contributed by atoms with Crippen LogP contribution in [0.3, 0.4) is 0 Å². The molecule has 32 heavy (non-hydrogen) atoms. The standard InChI is InChI=1S/C27H26O5/c1-28-22-10-6-18(7-11-22)4-3-5-20-14-21-15-25-26(31-17-30-25)16-24(21)32-27(20)19-8-12-23(29-2)13-9-19/h3-4,6-13,15-16,20,27H,5,14,17H2,1-2H3/b4-3-/t20-,27+/m0/s1. The fraction of sp³-hybridized carbons (Fsp3) is 0.259. The number of ether oxygens (including phenoxy) is 5. The van der Waals surface area contributed by atoms with E-state index < -0.39 is 0 Å². The summed E-state index contributed by atoms with van der Waals surface area (Å²) in [5, 5.41) is 0. The molecule has 2 atom stereocenters. The monoisotopic (exact) mass is 430 g/mol. The average Bonchev–Trinajstić information content (AvgIpc) is 3.30. The fourth-order valence-corrected chi connectivity index (χ4v) is 4.29. The summed E-state index contributed by atoms with van der Waals surface area (Å²) in [6, 6.07) is 20.2. The minimum atomic E-state index is -0.0608. The van der Waals surface area contributed by atoms with Gasteiger partial charge in [0.25, 0.3) is 0 Å². The number of rotatable bonds is 6. The highest BCUT2D eigenvalue weighted by molar-refractivity contribution is 5.54. The molecular weight excluding hydrogens is 404 g/mol. The Bertz CT molecular complexity index is 1100. The first kappa shape index (κ1) is 20.3. The van der Waals surface area contributed by atoms with E-state index in [0.717, 1.165) is 58.3 Å². The molecule has 0 unspecified atom stereocenters. The zero-order chi connectivity index (χ0) is 21.9. The number of benzene rings is 3. The molecule has 0 radical (unpaired) electrons. The van der Waals surface area contributed by atoms with E-state index in [1.165, 1.54) is 0 Å². The summed E-state index contributed by atoms with van der Waals surface area (Å²) in [6.07, 6.45) is 6.10. The van der Waals surface area contributed by atoms with Crippen LogP contribution in [0.4, 0.5) is 0 Å². The Morgan fingerprint density at radius 2 is 1.50 bits per heavy atom. The predicted octanol–water partition coefficient (Wildman–Crippen LogP) is 5.83. The molecule has 2 aliphatic heterocycles. The Balaban J connectivity index is 1.40. The van der Waals surface area contributed by atoms with Crippen molar-refractivity contribution in [2.24, 2.45) is 5.92 Å². The molecule has 0 fully saturated rings. The maximum absolute atomic E-state index is 6.54. The van der Waals surface area contributed by atoms with Crippen LogP contribution in [0.1, 0.15) is 29.2 Å². The third kappa shape index (κ3) is 4.11. The van der Waals surface area contributed by atoms with Crippen molar-refractivity contribution in [1.82, 2.24) is 0 Å². The van der Waals surface area contributed by atoms with Crippen molar-refractivity contribution in [3.05, 3.63) is 83.4 Å². The number of allylic oxidation sites excluding steroid dienone is 1. The maximum atomic E-state index is 6.54. The predicted molar refractivity (Wildman–Crippen MR) is 123 cm³/mol. The first-order valence-electron chi connectivity index (χ1n) is 10.8. The second kappa shape index (κ2) is 8.87. The Labute approximate surface area is 188 Å². The molecular formula is C27H26O5. The molecule has 164 valence electrons. The smallest absolute Gasteiger partial charge is 0.231 e. The van der Waals surface area contributed by atoms with Crippen molar-refractivity contribution in [1.29, 1.82) is 0 Å². The van der Waals surface area contributed by atoms with E-state index in [-0.39, 0.29) is 18.8 Å². The van der Waals surface area contributed by atoms with Crippen molar-refractivity contribution in [3.63, 3.8) is 0 Å². The topological polar surface area (TPSA) is 46.2 Å². The lowest BCUT2D eigenvalue weighted by Crippen LogP contribution is -2.25. The second-order valence-corrected chi connectivity index (χ2v) is 8.00. The molecule has 0 saturated carbocycles. The van der Waals surface area contributed by atoms with Crippen LogP contribution >= 0.6 is 0 Å². The third-order valence-corrected chi connectivity index (χ3v) is 6.03. The van der Waals surface area contributed by atoms with E-state index in [1.54, 1.807) is 14.2 Å². The van der Waals surface area contributed by atoms with E-state index in [4.69, 9.17) is 23.7 Å². The fourth-order valence-electron chi connectivity index (χ4n) is 4.29. The molecule has 0 bridgehead atoms. The summed E-state index contributed by atoms with van der Waals surface area (Å²) >= 11 is 0. The van der Waals surface area contributed by atoms with E-state index in [9.17, 15) is 0 Å². The van der Waals surface area contributed by atoms with Gasteiger partial charge in [0.2, 0.25) is 6.79 Å². The van der Waals surface area contributed by atoms with Gasteiger partial charge in [0.15, 0.2) is 11.5 Å². The van der Waals surface area contributed by atoms with E-state index in [1.807, 2.05) is 30.3 Å². The van der Waals surface area contributed by atoms with Crippen molar-refractivity contribution < 1.29 is 23.7 Å². The molecule has 0 spiro atoms. The normalized spacial score (nSPS) is 18.8. The van der Waals surface area contributed by atoms with Gasteiger partial charge in [-0.05, 0) is 59.9 Å². The number of hydrogen-bond acceptors (Lipinski definition) is 5. The van der Waals surface area contributed by atoms with Gasteiger partial charge in [-0.3, -0.25) is 0 Å². The van der Waals surface area contributed by atoms with Crippen LogP contribution in [0.2, 0.25) is 0 Å². The first-order valence-corrected chi connectivity index (χ1v) is 10.8. The van der Waals surface area contributed by atoms with E-state index in [2.05, 4.69) is 42.5 Å². The van der Waals surface area contributed by atoms with Crippen LogP contribution in [0, 0.1) is 5.92 Å². The average molecular weight is 431 g/mol. The highest BCUT2D eigenvalue weighted by atomic mass is 16.7. The van der Waals surface area contributed by atoms with Crippen molar-refractivity contribution in [2.45, 2.75) is 18.9 Å². The molecule has 3 aromatic carbocycles. The zero-order valence-electron chi connectivity index (χ0n) is 18.2. The Hall–Kier alpha value is -3.60. The minimum absolute atomic E-state index is 0.0608. The van der Waals surface area contributed by atoms with Gasteiger partial charge in [0.05, 0.1) is 14.2 Å². The van der Waals surface area contributed by atoms with Gasteiger partial charge in [-0.25, -0.2) is 0 Å². The van der Waals surface area contributed by atoms with Crippen LogP contribution < -0.4 is 23.7 Å². The summed E-state index contributed by atoms with van der Waals surface area (Å²) in [6.45, 7) is 0.258. The largest absolute Gasteiger partial charge is 0.497 e. The lowest BCUT2D eigenvalue weighted by Gasteiger charge is -2.34. The van der Waals surface area contributed by atoms with E-state index >= 15 is 0 Å². The number of hydrogen-bond donors (Lipinski definition) is 0. The molecule has 2 heterocycles. The summed E-state index contributed by atoms with van der Waals surface area (Å²) in [7, 11) is 3.36. The van der Waals surface area contributed by atoms with Crippen LogP contribution in [-0.2, 0) is 6.42 Å². The van der Waals surface area contributed by atoms with Crippen LogP contribution in [0.25, 0.3) is 6.08 Å². The summed E-state index contributed by atoms with van der Waals surface area (Å²) < 4.78 is 28.2. The van der Waals surface area contributed by atoms with Gasteiger partial charge in [0, 0.05) is 12.0 Å². The van der Waals surface area contributed by atoms with Crippen molar-refractivity contribution in [3.8, 4) is 28.7 Å². The Morgan fingerprint density at radius 1 is 0.844 bits per heavy atom. The molecule has 5 nitrogen and oxygen atoms in total. The molecule has 0 saturated heterocycles. The van der Waals surface area contributed by atoms with Gasteiger partial charge in [-0.2, -0.15) is 0 Å². The summed E-state index contributed by atoms with van der Waals surface area (Å²) in [4.78, 5) is 0. The first-order chi connectivity index (χ1) is 15.7. The van der Waals surface area contributed by atoms with Crippen molar-refractivity contribution in [2.75, 3.05) is 21.0 Å².